The van der Waals surface area contributed by atoms with E-state index in [2.05, 4.69) is 86.7 Å². The molecule has 0 aliphatic carbocycles. The molecule has 5 aromatic rings. The first kappa shape index (κ1) is 23.5. The van der Waals surface area contributed by atoms with Crippen LogP contribution in [0.15, 0.2) is 78.9 Å². The maximum atomic E-state index is 13.2. The Morgan fingerprint density at radius 2 is 1.48 bits per heavy atom. The molecular weight excluding hydrogens is 496 g/mol. The van der Waals surface area contributed by atoms with Crippen molar-refractivity contribution in [3.8, 4) is 6.07 Å². The van der Waals surface area contributed by atoms with E-state index >= 15 is 0 Å². The van der Waals surface area contributed by atoms with Crippen LogP contribution in [0.25, 0.3) is 21.8 Å². The smallest absolute Gasteiger partial charge is 0.251 e. The first-order valence-electron chi connectivity index (χ1n) is 14.0. The van der Waals surface area contributed by atoms with Crippen molar-refractivity contribution in [2.75, 3.05) is 13.6 Å². The average Bonchev–Trinajstić information content (AvgIpc) is 3.54. The van der Waals surface area contributed by atoms with Crippen molar-refractivity contribution >= 4 is 27.7 Å². The number of aromatic nitrogens is 2. The number of aromatic amines is 2. The minimum Gasteiger partial charge on any atom is -0.357 e. The quantitative estimate of drug-likeness (QED) is 0.314. The lowest BCUT2D eigenvalue weighted by Gasteiger charge is -2.58. The van der Waals surface area contributed by atoms with Crippen molar-refractivity contribution in [1.82, 2.24) is 25.1 Å². The number of benzene rings is 3. The van der Waals surface area contributed by atoms with Gasteiger partial charge in [-0.2, -0.15) is 5.26 Å². The predicted octanol–water partition coefficient (Wildman–Crippen LogP) is 4.85. The van der Waals surface area contributed by atoms with Crippen molar-refractivity contribution in [1.29, 1.82) is 5.26 Å². The molecule has 1 fully saturated rings. The molecule has 2 aromatic heterocycles. The number of H-pyrrole nitrogens is 2. The number of piperazine rings is 1. The third-order valence-electron chi connectivity index (χ3n) is 9.53. The van der Waals surface area contributed by atoms with E-state index in [0.29, 0.717) is 12.1 Å². The molecule has 198 valence electrons. The molecule has 3 N–H and O–H groups in total. The van der Waals surface area contributed by atoms with Crippen molar-refractivity contribution in [3.05, 3.63) is 107 Å². The minimum atomic E-state index is -0.314. The lowest BCUT2D eigenvalue weighted by atomic mass is 9.75. The standard InChI is InChI=1S/C33H30N6O/c1-38-26-15-23-21-12-6-8-14-25(21)37-31(23)32(38)27-16-22-20-11-5-7-13-24(20)36-30(22)29(39(27)28(26)17-34)18-35-33(40)19-9-3-2-4-10-19/h2-14,26-29,32,36-37H,15-16,18H2,1H3,(H,35,40)/t26-,27-,28-,29-,32-/m0/s1. The molecule has 3 aliphatic rings. The van der Waals surface area contributed by atoms with E-state index in [1.807, 2.05) is 30.3 Å². The molecule has 40 heavy (non-hydrogen) atoms. The summed E-state index contributed by atoms with van der Waals surface area (Å²) in [5, 5.41) is 16.4. The number of carbonyl (C=O) groups is 1. The Bertz CT molecular complexity index is 1810. The number of nitriles is 1. The fourth-order valence-corrected chi connectivity index (χ4v) is 7.79. The van der Waals surface area contributed by atoms with E-state index in [-0.39, 0.29) is 36.1 Å². The van der Waals surface area contributed by atoms with Crippen LogP contribution in [0.3, 0.4) is 0 Å². The van der Waals surface area contributed by atoms with Gasteiger partial charge in [0.05, 0.1) is 18.2 Å². The third-order valence-corrected chi connectivity index (χ3v) is 9.53. The van der Waals surface area contributed by atoms with Gasteiger partial charge in [-0.15, -0.1) is 0 Å². The van der Waals surface area contributed by atoms with Gasteiger partial charge in [-0.05, 0) is 55.3 Å². The molecule has 1 saturated heterocycles. The van der Waals surface area contributed by atoms with Crippen molar-refractivity contribution in [3.63, 3.8) is 0 Å². The van der Waals surface area contributed by atoms with Crippen LogP contribution in [-0.4, -0.2) is 57.4 Å². The molecule has 7 nitrogen and oxygen atoms in total. The molecule has 7 heteroatoms. The SMILES string of the molecule is CN1[C@@H]2c3[nH]c4ccccc4c3C[C@H]1[C@H](C#N)N1[C@@H](CNC(=O)c3ccccc3)c3[nH]c4ccccc4c3C[C@@H]21. The summed E-state index contributed by atoms with van der Waals surface area (Å²) in [7, 11) is 2.18. The number of para-hydroxylation sites is 2. The van der Waals surface area contributed by atoms with Gasteiger partial charge in [-0.1, -0.05) is 54.6 Å². The van der Waals surface area contributed by atoms with Crippen LogP contribution in [0.5, 0.6) is 0 Å². The molecule has 0 unspecified atom stereocenters. The lowest BCUT2D eigenvalue weighted by molar-refractivity contribution is -0.0722. The van der Waals surface area contributed by atoms with Gasteiger partial charge in [0.1, 0.15) is 6.04 Å². The number of hydrogen-bond acceptors (Lipinski definition) is 4. The predicted molar refractivity (Wildman–Crippen MR) is 155 cm³/mol. The second kappa shape index (κ2) is 8.82. The van der Waals surface area contributed by atoms with E-state index in [9.17, 15) is 10.1 Å². The number of nitrogens with one attached hydrogen (secondary N) is 3. The number of amides is 1. The molecule has 8 rings (SSSR count). The minimum absolute atomic E-state index is 0.0520. The van der Waals surface area contributed by atoms with Crippen LogP contribution in [0.4, 0.5) is 0 Å². The zero-order valence-electron chi connectivity index (χ0n) is 22.3. The highest BCUT2D eigenvalue weighted by Gasteiger charge is 2.55. The monoisotopic (exact) mass is 526 g/mol. The first-order chi connectivity index (χ1) is 19.6. The Labute approximate surface area is 232 Å². The van der Waals surface area contributed by atoms with Gasteiger partial charge < -0.3 is 15.3 Å². The number of nitrogens with zero attached hydrogens (tertiary/aromatic N) is 3. The van der Waals surface area contributed by atoms with Gasteiger partial charge >= 0.3 is 0 Å². The Hall–Kier alpha value is -4.38. The summed E-state index contributed by atoms with van der Waals surface area (Å²) in [5.41, 5.74) is 7.92. The van der Waals surface area contributed by atoms with E-state index in [0.717, 1.165) is 29.6 Å². The topological polar surface area (TPSA) is 90.9 Å². The van der Waals surface area contributed by atoms with E-state index in [1.165, 1.54) is 27.6 Å². The molecule has 5 atom stereocenters. The van der Waals surface area contributed by atoms with Crippen LogP contribution in [0, 0.1) is 11.3 Å². The second-order valence-corrected chi connectivity index (χ2v) is 11.4. The van der Waals surface area contributed by atoms with Crippen LogP contribution >= 0.6 is 0 Å². The summed E-state index contributed by atoms with van der Waals surface area (Å²) in [5.74, 6) is -0.0962. The van der Waals surface area contributed by atoms with Gasteiger partial charge in [0.2, 0.25) is 0 Å². The van der Waals surface area contributed by atoms with Gasteiger partial charge in [0.15, 0.2) is 0 Å². The fourth-order valence-electron chi connectivity index (χ4n) is 7.79. The number of carbonyl (C=O) groups excluding carboxylic acids is 1. The molecule has 5 heterocycles. The van der Waals surface area contributed by atoms with Crippen LogP contribution in [0.2, 0.25) is 0 Å². The van der Waals surface area contributed by atoms with Gasteiger partial charge in [-0.25, -0.2) is 0 Å². The first-order valence-corrected chi connectivity index (χ1v) is 14.0. The fraction of sp³-hybridized carbons (Fsp3) is 0.273. The highest BCUT2D eigenvalue weighted by molar-refractivity contribution is 5.94. The van der Waals surface area contributed by atoms with Crippen LogP contribution < -0.4 is 5.32 Å². The van der Waals surface area contributed by atoms with Crippen molar-refractivity contribution in [2.24, 2.45) is 0 Å². The van der Waals surface area contributed by atoms with Crippen LogP contribution in [-0.2, 0) is 12.8 Å². The Morgan fingerprint density at radius 3 is 2.17 bits per heavy atom. The largest absolute Gasteiger partial charge is 0.357 e. The number of likely N-dealkylation sites (N-methyl/N-ethyl adjacent to an activating group) is 1. The maximum Gasteiger partial charge on any atom is 0.251 e. The average molecular weight is 527 g/mol. The molecule has 0 saturated carbocycles. The summed E-state index contributed by atoms with van der Waals surface area (Å²) in [6.07, 6.45) is 1.65. The van der Waals surface area contributed by atoms with E-state index in [4.69, 9.17) is 0 Å². The van der Waals surface area contributed by atoms with E-state index in [1.54, 1.807) is 0 Å². The summed E-state index contributed by atoms with van der Waals surface area (Å²) in [6, 6.07) is 28.8. The lowest BCUT2D eigenvalue weighted by Crippen LogP contribution is -2.68. The van der Waals surface area contributed by atoms with Crippen molar-refractivity contribution < 1.29 is 4.79 Å². The normalized spacial score (nSPS) is 25.6. The van der Waals surface area contributed by atoms with Gasteiger partial charge in [0.25, 0.3) is 5.91 Å². The highest BCUT2D eigenvalue weighted by atomic mass is 16.1. The molecule has 3 aromatic carbocycles. The number of hydrogen-bond donors (Lipinski definition) is 3. The maximum absolute atomic E-state index is 13.2. The molecule has 2 bridgehead atoms. The second-order valence-electron chi connectivity index (χ2n) is 11.4. The van der Waals surface area contributed by atoms with Gasteiger partial charge in [-0.3, -0.25) is 14.6 Å². The summed E-state index contributed by atoms with van der Waals surface area (Å²) < 4.78 is 0. The zero-order chi connectivity index (χ0) is 27.0. The zero-order valence-corrected chi connectivity index (χ0v) is 22.3. The molecule has 3 aliphatic heterocycles. The molecule has 1 amide bonds. The molecule has 0 radical (unpaired) electrons. The van der Waals surface area contributed by atoms with E-state index < -0.39 is 0 Å². The Balaban J connectivity index is 1.28. The van der Waals surface area contributed by atoms with Gasteiger partial charge in [0, 0.05) is 57.4 Å². The summed E-state index contributed by atoms with van der Waals surface area (Å²) in [4.78, 5) is 25.5. The molecular formula is C33H30N6O. The molecule has 0 spiro atoms. The Kier molecular flexibility index (Phi) is 5.18. The summed E-state index contributed by atoms with van der Waals surface area (Å²) in [6.45, 7) is 0.422. The summed E-state index contributed by atoms with van der Waals surface area (Å²) >= 11 is 0. The van der Waals surface area contributed by atoms with Crippen LogP contribution in [0.1, 0.15) is 45.0 Å². The van der Waals surface area contributed by atoms with Crippen molar-refractivity contribution in [2.45, 2.75) is 43.1 Å². The highest BCUT2D eigenvalue weighted by Crippen LogP contribution is 2.51. The number of fused-ring (bicyclic) bond motifs is 11. The number of rotatable bonds is 3. The third kappa shape index (κ3) is 3.27. The Morgan fingerprint density at radius 1 is 0.875 bits per heavy atom.